The van der Waals surface area contributed by atoms with Crippen molar-refractivity contribution >= 4 is 5.91 Å². The second-order valence-electron chi connectivity index (χ2n) is 8.33. The third-order valence-corrected chi connectivity index (χ3v) is 6.36. The van der Waals surface area contributed by atoms with Crippen LogP contribution in [0.3, 0.4) is 0 Å². The van der Waals surface area contributed by atoms with Crippen molar-refractivity contribution in [1.82, 2.24) is 25.3 Å². The van der Waals surface area contributed by atoms with Crippen LogP contribution in [0.2, 0.25) is 0 Å². The molecule has 0 radical (unpaired) electrons. The predicted molar refractivity (Wildman–Crippen MR) is 107 cm³/mol. The summed E-state index contributed by atoms with van der Waals surface area (Å²) in [5, 5.41) is 19.7. The molecule has 0 spiro atoms. The smallest absolute Gasteiger partial charge is 0.365 e. The Morgan fingerprint density at radius 3 is 2.58 bits per heavy atom. The number of aromatic amines is 1. The minimum Gasteiger partial charge on any atom is -0.365 e. The molecule has 2 aromatic rings. The molecular formula is C21H24F5N5O2. The summed E-state index contributed by atoms with van der Waals surface area (Å²) in [4.78, 5) is 16.3. The Morgan fingerprint density at radius 1 is 1.24 bits per heavy atom. The van der Waals surface area contributed by atoms with Crippen molar-refractivity contribution in [2.75, 3.05) is 26.7 Å². The Bertz CT molecular complexity index is 1030. The summed E-state index contributed by atoms with van der Waals surface area (Å²) in [6.45, 7) is 1.18. The summed E-state index contributed by atoms with van der Waals surface area (Å²) in [6, 6.07) is 0.978. The van der Waals surface area contributed by atoms with Gasteiger partial charge in [0.25, 0.3) is 5.91 Å². The molecule has 1 unspecified atom stereocenters. The number of benzene rings is 1. The lowest BCUT2D eigenvalue weighted by Crippen LogP contribution is -2.46. The fraction of sp³-hybridized carbons (Fsp3) is 0.524. The van der Waals surface area contributed by atoms with E-state index in [1.807, 2.05) is 0 Å². The van der Waals surface area contributed by atoms with Gasteiger partial charge in [0.15, 0.2) is 12.0 Å². The van der Waals surface area contributed by atoms with Gasteiger partial charge in [0.05, 0.1) is 11.3 Å². The number of hydrogen-bond donors (Lipinski definition) is 3. The van der Waals surface area contributed by atoms with Gasteiger partial charge in [-0.15, -0.1) is 0 Å². The molecule has 2 aliphatic rings. The van der Waals surface area contributed by atoms with Gasteiger partial charge in [-0.3, -0.25) is 20.1 Å². The fourth-order valence-corrected chi connectivity index (χ4v) is 4.67. The number of alkyl halides is 3. The molecule has 1 fully saturated rings. The Hall–Kier alpha value is -2.57. The molecule has 1 atom stereocenters. The van der Waals surface area contributed by atoms with Crippen LogP contribution < -0.4 is 5.32 Å². The first-order valence-corrected chi connectivity index (χ1v) is 10.6. The van der Waals surface area contributed by atoms with Crippen molar-refractivity contribution in [2.45, 2.75) is 44.3 Å². The number of piperidine rings is 1. The minimum atomic E-state index is -4.94. The zero-order chi connectivity index (χ0) is 23.9. The van der Waals surface area contributed by atoms with Crippen LogP contribution in [0.1, 0.15) is 51.6 Å². The molecule has 33 heavy (non-hydrogen) atoms. The van der Waals surface area contributed by atoms with Crippen LogP contribution >= 0.6 is 0 Å². The summed E-state index contributed by atoms with van der Waals surface area (Å²) in [5.41, 5.74) is -0.113. The standard InChI is InChI=1S/C21H24F5N5O2/c1-27-20(33)31-7-4-13-16(10-31)28-29-18(13)19(32)30-5-2-11(3-6-30)14-8-12(22)9-15(23)17(14)21(24,25)26/h8-9,11,20,27,33H,2-7,10H2,1H3,(H,28,29). The molecular weight excluding hydrogens is 449 g/mol. The molecule has 1 amide bonds. The Kier molecular flexibility index (Phi) is 6.43. The Morgan fingerprint density at radius 2 is 1.94 bits per heavy atom. The summed E-state index contributed by atoms with van der Waals surface area (Å²) in [7, 11) is 1.63. The van der Waals surface area contributed by atoms with Crippen LogP contribution in [0.25, 0.3) is 0 Å². The van der Waals surface area contributed by atoms with E-state index in [-0.39, 0.29) is 43.6 Å². The third-order valence-electron chi connectivity index (χ3n) is 6.36. The number of hydrogen-bond acceptors (Lipinski definition) is 5. The lowest BCUT2D eigenvalue weighted by Gasteiger charge is -2.33. The van der Waals surface area contributed by atoms with E-state index >= 15 is 0 Å². The zero-order valence-corrected chi connectivity index (χ0v) is 17.8. The van der Waals surface area contributed by atoms with Crippen molar-refractivity contribution in [3.8, 4) is 0 Å². The maximum atomic E-state index is 14.0. The third kappa shape index (κ3) is 4.59. The lowest BCUT2D eigenvalue weighted by atomic mass is 9.85. The van der Waals surface area contributed by atoms with Crippen molar-refractivity contribution in [3.63, 3.8) is 0 Å². The zero-order valence-electron chi connectivity index (χ0n) is 17.8. The summed E-state index contributed by atoms with van der Waals surface area (Å²) < 4.78 is 67.8. The maximum absolute atomic E-state index is 14.0. The van der Waals surface area contributed by atoms with Gasteiger partial charge in [0, 0.05) is 37.8 Å². The van der Waals surface area contributed by atoms with Gasteiger partial charge in [0.1, 0.15) is 11.6 Å². The number of rotatable bonds is 4. The van der Waals surface area contributed by atoms with Crippen LogP contribution in [0.4, 0.5) is 22.0 Å². The van der Waals surface area contributed by atoms with Gasteiger partial charge in [0.2, 0.25) is 0 Å². The molecule has 3 N–H and O–H groups in total. The van der Waals surface area contributed by atoms with Crippen LogP contribution in [0, 0.1) is 11.6 Å². The molecule has 1 aromatic carbocycles. The van der Waals surface area contributed by atoms with Crippen LogP contribution in [-0.4, -0.2) is 64.0 Å². The first-order valence-electron chi connectivity index (χ1n) is 10.6. The van der Waals surface area contributed by atoms with Gasteiger partial charge in [-0.2, -0.15) is 18.3 Å². The molecule has 3 heterocycles. The first kappa shape index (κ1) is 23.6. The largest absolute Gasteiger partial charge is 0.419 e. The van der Waals surface area contributed by atoms with Gasteiger partial charge in [-0.05, 0) is 43.9 Å². The number of nitrogens with zero attached hydrogens (tertiary/aromatic N) is 3. The van der Waals surface area contributed by atoms with Crippen LogP contribution in [0.15, 0.2) is 12.1 Å². The second kappa shape index (κ2) is 8.99. The van der Waals surface area contributed by atoms with Crippen molar-refractivity contribution < 1.29 is 31.9 Å². The summed E-state index contributed by atoms with van der Waals surface area (Å²) in [5.74, 6) is -3.75. The molecule has 4 rings (SSSR count). The molecule has 2 aliphatic heterocycles. The first-order chi connectivity index (χ1) is 15.6. The molecule has 1 saturated heterocycles. The highest BCUT2D eigenvalue weighted by Crippen LogP contribution is 2.41. The fourth-order valence-electron chi connectivity index (χ4n) is 4.67. The highest BCUT2D eigenvalue weighted by molar-refractivity contribution is 5.94. The number of likely N-dealkylation sites (tertiary alicyclic amines) is 1. The van der Waals surface area contributed by atoms with Gasteiger partial charge >= 0.3 is 6.18 Å². The Balaban J connectivity index is 1.47. The van der Waals surface area contributed by atoms with Crippen LogP contribution in [-0.2, 0) is 19.1 Å². The summed E-state index contributed by atoms with van der Waals surface area (Å²) in [6.07, 6.45) is -4.98. The number of aliphatic hydroxyl groups is 1. The Labute approximate surface area is 186 Å². The molecule has 180 valence electrons. The van der Waals surface area contributed by atoms with Crippen molar-refractivity contribution in [2.24, 2.45) is 0 Å². The predicted octanol–water partition coefficient (Wildman–Crippen LogP) is 2.58. The summed E-state index contributed by atoms with van der Waals surface area (Å²) >= 11 is 0. The van der Waals surface area contributed by atoms with Crippen LogP contribution in [0.5, 0.6) is 0 Å². The van der Waals surface area contributed by atoms with E-state index in [2.05, 4.69) is 15.5 Å². The van der Waals surface area contributed by atoms with E-state index in [0.717, 1.165) is 17.3 Å². The number of halogens is 5. The van der Waals surface area contributed by atoms with E-state index < -0.39 is 41.2 Å². The number of carbonyl (C=O) groups is 1. The van der Waals surface area contributed by atoms with Gasteiger partial charge in [-0.25, -0.2) is 8.78 Å². The number of carbonyl (C=O) groups excluding carboxylic acids is 1. The van der Waals surface area contributed by atoms with E-state index in [0.29, 0.717) is 19.5 Å². The molecule has 1 aromatic heterocycles. The molecule has 12 heteroatoms. The number of amides is 1. The molecule has 0 aliphatic carbocycles. The number of nitrogens with one attached hydrogen (secondary N) is 2. The average molecular weight is 473 g/mol. The SMILES string of the molecule is CNC(O)N1CCc2c(C(=O)N3CCC(c4cc(F)cc(F)c4C(F)(F)F)CC3)n[nH]c2C1. The van der Waals surface area contributed by atoms with Gasteiger partial charge < -0.3 is 10.0 Å². The minimum absolute atomic E-state index is 0.144. The van der Waals surface area contributed by atoms with Crippen molar-refractivity contribution in [1.29, 1.82) is 0 Å². The van der Waals surface area contributed by atoms with E-state index in [4.69, 9.17) is 0 Å². The average Bonchev–Trinajstić information content (AvgIpc) is 3.20. The van der Waals surface area contributed by atoms with E-state index in [1.54, 1.807) is 11.9 Å². The topological polar surface area (TPSA) is 84.5 Å². The monoisotopic (exact) mass is 473 g/mol. The maximum Gasteiger partial charge on any atom is 0.419 e. The van der Waals surface area contributed by atoms with Gasteiger partial charge in [-0.1, -0.05) is 0 Å². The number of fused-ring (bicyclic) bond motifs is 1. The quantitative estimate of drug-likeness (QED) is 0.470. The number of aliphatic hydroxyl groups excluding tert-OH is 1. The molecule has 0 saturated carbocycles. The number of H-pyrrole nitrogens is 1. The molecule has 7 nitrogen and oxygen atoms in total. The second-order valence-corrected chi connectivity index (χ2v) is 8.33. The van der Waals surface area contributed by atoms with Crippen molar-refractivity contribution in [3.05, 3.63) is 51.8 Å². The van der Waals surface area contributed by atoms with E-state index in [9.17, 15) is 31.9 Å². The van der Waals surface area contributed by atoms with E-state index in [1.165, 1.54) is 4.90 Å². The highest BCUT2D eigenvalue weighted by atomic mass is 19.4. The highest BCUT2D eigenvalue weighted by Gasteiger charge is 2.40. The normalized spacial score (nSPS) is 18.9. The number of aromatic nitrogens is 2. The lowest BCUT2D eigenvalue weighted by molar-refractivity contribution is -0.141. The molecule has 0 bridgehead atoms.